The fourth-order valence-electron chi connectivity index (χ4n) is 5.10. The van der Waals surface area contributed by atoms with E-state index in [2.05, 4.69) is 170 Å². The lowest BCUT2D eigenvalue weighted by Gasteiger charge is -2.25. The first-order chi connectivity index (χ1) is 19.2. The standard InChI is InChI=1S/C38H31N/c1-28-14-22-33(23-15-28)39(34-24-16-29(2)17-25-34)35-26-18-30(19-27-35)8-7-13-38-36-11-5-3-9-31(36)20-21-32-10-4-6-12-37(32)38/h3-27H,1-2H3. The van der Waals surface area contributed by atoms with Crippen molar-refractivity contribution in [2.24, 2.45) is 0 Å². The molecule has 0 atom stereocenters. The lowest BCUT2D eigenvalue weighted by molar-refractivity contribution is 1.27. The van der Waals surface area contributed by atoms with Gasteiger partial charge in [0.25, 0.3) is 0 Å². The van der Waals surface area contributed by atoms with Gasteiger partial charge < -0.3 is 4.90 Å². The number of anilines is 3. The van der Waals surface area contributed by atoms with Gasteiger partial charge in [-0.05, 0) is 83.6 Å². The first-order valence-electron chi connectivity index (χ1n) is 13.4. The summed E-state index contributed by atoms with van der Waals surface area (Å²) in [4.78, 5) is 2.31. The van der Waals surface area contributed by atoms with Crippen molar-refractivity contribution in [3.63, 3.8) is 0 Å². The molecule has 0 radical (unpaired) electrons. The topological polar surface area (TPSA) is 3.24 Å². The highest BCUT2D eigenvalue weighted by Crippen LogP contribution is 2.36. The third-order valence-electron chi connectivity index (χ3n) is 7.23. The Balaban J connectivity index is 1.32. The summed E-state index contributed by atoms with van der Waals surface area (Å²) in [5.41, 5.74) is 13.3. The van der Waals surface area contributed by atoms with E-state index >= 15 is 0 Å². The minimum Gasteiger partial charge on any atom is -0.311 e. The Labute approximate surface area is 231 Å². The first kappa shape index (κ1) is 24.5. The maximum Gasteiger partial charge on any atom is 0.0462 e. The van der Waals surface area contributed by atoms with Crippen molar-refractivity contribution in [1.29, 1.82) is 0 Å². The van der Waals surface area contributed by atoms with Crippen LogP contribution in [0.5, 0.6) is 0 Å². The number of hydrogen-bond acceptors (Lipinski definition) is 1. The van der Waals surface area contributed by atoms with Crippen LogP contribution in [0.3, 0.4) is 0 Å². The van der Waals surface area contributed by atoms with Crippen molar-refractivity contribution in [2.75, 3.05) is 4.90 Å². The molecular weight excluding hydrogens is 470 g/mol. The predicted molar refractivity (Wildman–Crippen MR) is 169 cm³/mol. The van der Waals surface area contributed by atoms with Gasteiger partial charge >= 0.3 is 0 Å². The summed E-state index contributed by atoms with van der Waals surface area (Å²) in [6.45, 7) is 4.25. The van der Waals surface area contributed by atoms with Gasteiger partial charge in [-0.1, -0.05) is 126 Å². The van der Waals surface area contributed by atoms with Crippen LogP contribution in [-0.4, -0.2) is 0 Å². The zero-order chi connectivity index (χ0) is 26.6. The molecule has 1 heteroatoms. The molecule has 0 aromatic heterocycles. The van der Waals surface area contributed by atoms with Crippen LogP contribution in [0.25, 0.3) is 23.8 Å². The van der Waals surface area contributed by atoms with Crippen LogP contribution in [0.2, 0.25) is 0 Å². The molecule has 0 bridgehead atoms. The van der Waals surface area contributed by atoms with Crippen molar-refractivity contribution in [3.8, 4) is 0 Å². The van der Waals surface area contributed by atoms with Gasteiger partial charge in [0.2, 0.25) is 0 Å². The molecule has 0 aliphatic heterocycles. The zero-order valence-corrected chi connectivity index (χ0v) is 22.4. The van der Waals surface area contributed by atoms with E-state index in [1.165, 1.54) is 39.0 Å². The highest BCUT2D eigenvalue weighted by atomic mass is 15.1. The fraction of sp³-hybridized carbons (Fsp3) is 0.0526. The number of benzene rings is 5. The SMILES string of the molecule is Cc1ccc(N(c2ccc(C)cc2)c2ccc(C=CC=C3c4ccccc4C=Cc4ccccc43)cc2)cc1. The van der Waals surface area contributed by atoms with Crippen molar-refractivity contribution < 1.29 is 0 Å². The van der Waals surface area contributed by atoms with Crippen molar-refractivity contribution in [1.82, 2.24) is 0 Å². The van der Waals surface area contributed by atoms with Crippen molar-refractivity contribution >= 4 is 40.9 Å². The predicted octanol–water partition coefficient (Wildman–Crippen LogP) is 10.4. The quantitative estimate of drug-likeness (QED) is 0.227. The molecular formula is C38H31N. The summed E-state index contributed by atoms with van der Waals surface area (Å²) in [7, 11) is 0. The molecule has 1 nitrogen and oxygen atoms in total. The number of rotatable bonds is 5. The second-order valence-corrected chi connectivity index (χ2v) is 10.0. The maximum atomic E-state index is 2.31. The number of allylic oxidation sites excluding steroid dienone is 2. The summed E-state index contributed by atoms with van der Waals surface area (Å²) in [6.07, 6.45) is 11.0. The monoisotopic (exact) mass is 501 g/mol. The van der Waals surface area contributed by atoms with Crippen LogP contribution in [0, 0.1) is 13.8 Å². The van der Waals surface area contributed by atoms with Gasteiger partial charge in [0.15, 0.2) is 0 Å². The van der Waals surface area contributed by atoms with E-state index in [0.29, 0.717) is 0 Å². The summed E-state index contributed by atoms with van der Waals surface area (Å²) < 4.78 is 0. The molecule has 188 valence electrons. The van der Waals surface area contributed by atoms with E-state index < -0.39 is 0 Å². The molecule has 1 aliphatic carbocycles. The smallest absolute Gasteiger partial charge is 0.0462 e. The largest absolute Gasteiger partial charge is 0.311 e. The highest BCUT2D eigenvalue weighted by molar-refractivity contribution is 5.94. The number of hydrogen-bond donors (Lipinski definition) is 0. The molecule has 0 amide bonds. The molecule has 0 fully saturated rings. The number of nitrogens with zero attached hydrogens (tertiary/aromatic N) is 1. The van der Waals surface area contributed by atoms with E-state index in [-0.39, 0.29) is 0 Å². The molecule has 0 heterocycles. The molecule has 6 rings (SSSR count). The third kappa shape index (κ3) is 5.26. The van der Waals surface area contributed by atoms with Crippen LogP contribution >= 0.6 is 0 Å². The Morgan fingerprint density at radius 3 is 1.41 bits per heavy atom. The second kappa shape index (κ2) is 10.8. The van der Waals surface area contributed by atoms with E-state index in [0.717, 1.165) is 22.6 Å². The Morgan fingerprint density at radius 1 is 0.487 bits per heavy atom. The van der Waals surface area contributed by atoms with Crippen LogP contribution in [0.15, 0.2) is 133 Å². The summed E-state index contributed by atoms with van der Waals surface area (Å²) in [5, 5.41) is 0. The van der Waals surface area contributed by atoms with Crippen molar-refractivity contribution in [3.05, 3.63) is 172 Å². The summed E-state index contributed by atoms with van der Waals surface area (Å²) in [6, 6.07) is 43.4. The molecule has 39 heavy (non-hydrogen) atoms. The molecule has 0 spiro atoms. The summed E-state index contributed by atoms with van der Waals surface area (Å²) >= 11 is 0. The second-order valence-electron chi connectivity index (χ2n) is 10.0. The molecule has 5 aromatic rings. The first-order valence-corrected chi connectivity index (χ1v) is 13.4. The number of fused-ring (bicyclic) bond motifs is 2. The maximum absolute atomic E-state index is 2.31. The van der Waals surface area contributed by atoms with Gasteiger partial charge in [-0.2, -0.15) is 0 Å². The van der Waals surface area contributed by atoms with E-state index in [1.54, 1.807) is 0 Å². The minimum absolute atomic E-state index is 1.14. The molecule has 5 aromatic carbocycles. The van der Waals surface area contributed by atoms with E-state index in [4.69, 9.17) is 0 Å². The number of aryl methyl sites for hydroxylation is 2. The summed E-state index contributed by atoms with van der Waals surface area (Å²) in [5.74, 6) is 0. The third-order valence-corrected chi connectivity index (χ3v) is 7.23. The van der Waals surface area contributed by atoms with E-state index in [9.17, 15) is 0 Å². The molecule has 0 unspecified atom stereocenters. The van der Waals surface area contributed by atoms with Gasteiger partial charge in [-0.25, -0.2) is 0 Å². The average molecular weight is 502 g/mol. The Morgan fingerprint density at radius 2 is 0.923 bits per heavy atom. The van der Waals surface area contributed by atoms with Crippen LogP contribution in [0.1, 0.15) is 38.9 Å². The van der Waals surface area contributed by atoms with Crippen LogP contribution in [-0.2, 0) is 0 Å². The fourth-order valence-corrected chi connectivity index (χ4v) is 5.10. The average Bonchev–Trinajstić information content (AvgIpc) is 3.13. The lowest BCUT2D eigenvalue weighted by atomic mass is 9.93. The Kier molecular flexibility index (Phi) is 6.80. The zero-order valence-electron chi connectivity index (χ0n) is 22.4. The normalized spacial score (nSPS) is 12.1. The lowest BCUT2D eigenvalue weighted by Crippen LogP contribution is -2.09. The van der Waals surface area contributed by atoms with E-state index in [1.807, 2.05) is 0 Å². The van der Waals surface area contributed by atoms with Crippen molar-refractivity contribution in [2.45, 2.75) is 13.8 Å². The Bertz CT molecular complexity index is 1580. The minimum atomic E-state index is 1.14. The molecule has 0 saturated heterocycles. The van der Waals surface area contributed by atoms with Crippen LogP contribution < -0.4 is 4.90 Å². The van der Waals surface area contributed by atoms with Gasteiger partial charge in [0, 0.05) is 17.1 Å². The van der Waals surface area contributed by atoms with Gasteiger partial charge in [-0.15, -0.1) is 0 Å². The van der Waals surface area contributed by atoms with Gasteiger partial charge in [0.05, 0.1) is 0 Å². The molecule has 1 aliphatic rings. The highest BCUT2D eigenvalue weighted by Gasteiger charge is 2.14. The van der Waals surface area contributed by atoms with Crippen LogP contribution in [0.4, 0.5) is 17.1 Å². The molecule has 0 N–H and O–H groups in total. The molecule has 0 saturated carbocycles. The van der Waals surface area contributed by atoms with Gasteiger partial charge in [-0.3, -0.25) is 0 Å². The van der Waals surface area contributed by atoms with Gasteiger partial charge in [0.1, 0.15) is 0 Å². The Hall–Kier alpha value is -4.88.